The number of anilines is 1. The fraction of sp³-hybridized carbons (Fsp3) is 0.524. The minimum Gasteiger partial charge on any atom is -0.493 e. The second-order valence-corrected chi connectivity index (χ2v) is 8.10. The van der Waals surface area contributed by atoms with Crippen molar-refractivity contribution in [1.29, 1.82) is 0 Å². The number of nitrogens with zero attached hydrogens (tertiary/aromatic N) is 4. The van der Waals surface area contributed by atoms with Gasteiger partial charge in [0, 0.05) is 44.3 Å². The Balaban J connectivity index is 1.30. The average Bonchev–Trinajstić information content (AvgIpc) is 3.22. The van der Waals surface area contributed by atoms with E-state index in [9.17, 15) is 13.2 Å². The predicted octanol–water partition coefficient (Wildman–Crippen LogP) is 3.67. The Hall–Kier alpha value is -2.35. The summed E-state index contributed by atoms with van der Waals surface area (Å²) in [5, 5.41) is 0. The maximum atomic E-state index is 13.1. The topological polar surface area (TPSA) is 41.5 Å². The molecule has 1 saturated heterocycles. The van der Waals surface area contributed by atoms with Crippen LogP contribution in [0.3, 0.4) is 0 Å². The van der Waals surface area contributed by atoms with Crippen LogP contribution in [0.1, 0.15) is 36.1 Å². The van der Waals surface area contributed by atoms with Gasteiger partial charge in [0.1, 0.15) is 11.4 Å². The summed E-state index contributed by atoms with van der Waals surface area (Å²) in [6.45, 7) is 3.31. The van der Waals surface area contributed by atoms with E-state index in [1.54, 1.807) is 0 Å². The van der Waals surface area contributed by atoms with Gasteiger partial charge < -0.3 is 9.64 Å². The predicted molar refractivity (Wildman–Crippen MR) is 102 cm³/mol. The first-order valence-corrected chi connectivity index (χ1v) is 10.1. The fourth-order valence-electron chi connectivity index (χ4n) is 4.39. The van der Waals surface area contributed by atoms with Crippen molar-refractivity contribution in [2.75, 3.05) is 24.6 Å². The lowest BCUT2D eigenvalue weighted by atomic mass is 10.1. The summed E-state index contributed by atoms with van der Waals surface area (Å²) in [6.07, 6.45) is 0.603. The molecule has 1 aliphatic carbocycles. The Bertz CT molecular complexity index is 900. The van der Waals surface area contributed by atoms with Crippen molar-refractivity contribution in [2.45, 2.75) is 50.5 Å². The van der Waals surface area contributed by atoms with Crippen LogP contribution in [0.15, 0.2) is 30.5 Å². The minimum atomic E-state index is -4.45. The van der Waals surface area contributed by atoms with Gasteiger partial charge in [-0.05, 0) is 42.5 Å². The highest BCUT2D eigenvalue weighted by Gasteiger charge is 2.40. The van der Waals surface area contributed by atoms with Crippen molar-refractivity contribution in [3.63, 3.8) is 0 Å². The van der Waals surface area contributed by atoms with Crippen molar-refractivity contribution in [2.24, 2.45) is 0 Å². The zero-order valence-corrected chi connectivity index (χ0v) is 16.0. The zero-order chi connectivity index (χ0) is 20.0. The molecule has 2 aliphatic heterocycles. The van der Waals surface area contributed by atoms with Crippen LogP contribution in [0.5, 0.6) is 5.75 Å². The first kappa shape index (κ1) is 18.7. The van der Waals surface area contributed by atoms with Gasteiger partial charge in [0.2, 0.25) is 5.95 Å². The van der Waals surface area contributed by atoms with Crippen molar-refractivity contribution in [3.05, 3.63) is 47.3 Å². The number of rotatable bonds is 5. The van der Waals surface area contributed by atoms with Gasteiger partial charge in [-0.2, -0.15) is 13.2 Å². The van der Waals surface area contributed by atoms with Gasteiger partial charge in [-0.1, -0.05) is 12.1 Å². The fourth-order valence-corrected chi connectivity index (χ4v) is 4.39. The van der Waals surface area contributed by atoms with Crippen molar-refractivity contribution >= 4 is 5.95 Å². The quantitative estimate of drug-likeness (QED) is 0.761. The highest BCUT2D eigenvalue weighted by molar-refractivity contribution is 5.40. The molecule has 5 nitrogen and oxygen atoms in total. The highest BCUT2D eigenvalue weighted by Crippen LogP contribution is 2.36. The van der Waals surface area contributed by atoms with Crippen LogP contribution < -0.4 is 9.64 Å². The van der Waals surface area contributed by atoms with Gasteiger partial charge in [0.25, 0.3) is 0 Å². The third-order valence-corrected chi connectivity index (χ3v) is 5.91. The lowest BCUT2D eigenvalue weighted by Gasteiger charge is -2.29. The molecule has 0 bridgehead atoms. The van der Waals surface area contributed by atoms with E-state index < -0.39 is 11.9 Å². The monoisotopic (exact) mass is 404 g/mol. The van der Waals surface area contributed by atoms with E-state index in [1.165, 1.54) is 17.3 Å². The molecule has 0 spiro atoms. The van der Waals surface area contributed by atoms with Crippen molar-refractivity contribution in [3.8, 4) is 5.75 Å². The lowest BCUT2D eigenvalue weighted by Crippen LogP contribution is -2.40. The molecule has 8 heteroatoms. The molecule has 1 unspecified atom stereocenters. The van der Waals surface area contributed by atoms with Crippen molar-refractivity contribution in [1.82, 2.24) is 14.9 Å². The Morgan fingerprint density at radius 3 is 2.79 bits per heavy atom. The molecule has 1 aromatic heterocycles. The van der Waals surface area contributed by atoms with Gasteiger partial charge in [0.15, 0.2) is 0 Å². The van der Waals surface area contributed by atoms with E-state index in [1.807, 2.05) is 11.0 Å². The standard InChI is InChI=1S/C21H23F3N4O/c22-21(23,24)19-5-8-25-20(26-19)28(16-2-3-16)17-6-9-27(13-17)12-14-1-4-18-15(11-14)7-10-29-18/h1,4-5,8,11,16-17H,2-3,6-7,9-10,12-13H2. The van der Waals surface area contributed by atoms with Gasteiger partial charge in [0.05, 0.1) is 6.61 Å². The second-order valence-electron chi connectivity index (χ2n) is 8.10. The third-order valence-electron chi connectivity index (χ3n) is 5.91. The molecule has 0 radical (unpaired) electrons. The van der Waals surface area contributed by atoms with Crippen LogP contribution in [0.25, 0.3) is 0 Å². The number of alkyl halides is 3. The number of ether oxygens (including phenoxy) is 1. The van der Waals surface area contributed by atoms with Crippen LogP contribution in [0.4, 0.5) is 19.1 Å². The summed E-state index contributed by atoms with van der Waals surface area (Å²) in [6, 6.07) is 7.69. The Kier molecular flexibility index (Phi) is 4.61. The second kappa shape index (κ2) is 7.16. The maximum Gasteiger partial charge on any atom is 0.433 e. The molecule has 5 rings (SSSR count). The summed E-state index contributed by atoms with van der Waals surface area (Å²) < 4.78 is 44.9. The van der Waals surface area contributed by atoms with Crippen molar-refractivity contribution < 1.29 is 17.9 Å². The normalized spacial score (nSPS) is 21.8. The molecular weight excluding hydrogens is 381 g/mol. The lowest BCUT2D eigenvalue weighted by molar-refractivity contribution is -0.141. The number of hydrogen-bond acceptors (Lipinski definition) is 5. The molecular formula is C21H23F3N4O. The Labute approximate surface area is 167 Å². The first-order chi connectivity index (χ1) is 14.0. The number of aromatic nitrogens is 2. The zero-order valence-electron chi connectivity index (χ0n) is 16.0. The number of benzene rings is 1. The SMILES string of the molecule is FC(F)(F)c1ccnc(N(C2CC2)C2CCN(Cc3ccc4c(c3)CCO4)C2)n1. The summed E-state index contributed by atoms with van der Waals surface area (Å²) in [4.78, 5) is 12.4. The third kappa shape index (κ3) is 3.90. The molecule has 1 atom stereocenters. The Morgan fingerprint density at radius 1 is 1.14 bits per heavy atom. The molecule has 0 N–H and O–H groups in total. The average molecular weight is 404 g/mol. The summed E-state index contributed by atoms with van der Waals surface area (Å²) in [5.41, 5.74) is 1.64. The molecule has 1 aromatic carbocycles. The molecule has 0 amide bonds. The van der Waals surface area contributed by atoms with Crippen LogP contribution in [0.2, 0.25) is 0 Å². The highest BCUT2D eigenvalue weighted by atomic mass is 19.4. The smallest absolute Gasteiger partial charge is 0.433 e. The van der Waals surface area contributed by atoms with Gasteiger partial charge in [-0.25, -0.2) is 9.97 Å². The number of hydrogen-bond donors (Lipinski definition) is 0. The minimum absolute atomic E-state index is 0.142. The van der Waals surface area contributed by atoms with E-state index >= 15 is 0 Å². The number of halogens is 3. The first-order valence-electron chi connectivity index (χ1n) is 10.1. The summed E-state index contributed by atoms with van der Waals surface area (Å²) >= 11 is 0. The van der Waals surface area contributed by atoms with E-state index in [2.05, 4.69) is 27.0 Å². The van der Waals surface area contributed by atoms with Crippen LogP contribution >= 0.6 is 0 Å². The molecule has 29 heavy (non-hydrogen) atoms. The summed E-state index contributed by atoms with van der Waals surface area (Å²) in [5.74, 6) is 1.19. The van der Waals surface area contributed by atoms with Crippen LogP contribution in [-0.2, 0) is 19.1 Å². The van der Waals surface area contributed by atoms with Gasteiger partial charge >= 0.3 is 6.18 Å². The van der Waals surface area contributed by atoms with Crippen LogP contribution in [-0.4, -0.2) is 46.6 Å². The van der Waals surface area contributed by atoms with E-state index in [0.29, 0.717) is 0 Å². The maximum absolute atomic E-state index is 13.1. The number of fused-ring (bicyclic) bond motifs is 1. The van der Waals surface area contributed by atoms with E-state index in [4.69, 9.17) is 4.74 Å². The largest absolute Gasteiger partial charge is 0.493 e. The van der Waals surface area contributed by atoms with Gasteiger partial charge in [-0.3, -0.25) is 4.90 Å². The molecule has 3 aliphatic rings. The molecule has 154 valence electrons. The summed E-state index contributed by atoms with van der Waals surface area (Å²) in [7, 11) is 0. The van der Waals surface area contributed by atoms with E-state index in [-0.39, 0.29) is 18.0 Å². The number of likely N-dealkylation sites (tertiary alicyclic amines) is 1. The van der Waals surface area contributed by atoms with Crippen LogP contribution in [0, 0.1) is 0 Å². The van der Waals surface area contributed by atoms with E-state index in [0.717, 1.165) is 63.7 Å². The Morgan fingerprint density at radius 2 is 2.00 bits per heavy atom. The molecule has 2 fully saturated rings. The molecule has 1 saturated carbocycles. The molecule has 2 aromatic rings. The van der Waals surface area contributed by atoms with Gasteiger partial charge in [-0.15, -0.1) is 0 Å². The molecule has 3 heterocycles.